The molecule has 0 heterocycles. The Morgan fingerprint density at radius 2 is 1.94 bits per heavy atom. The van der Waals surface area contributed by atoms with E-state index in [4.69, 9.17) is 5.11 Å². The van der Waals surface area contributed by atoms with E-state index in [0.29, 0.717) is 6.54 Å². The number of benzene rings is 1. The third-order valence-corrected chi connectivity index (χ3v) is 2.90. The lowest BCUT2D eigenvalue weighted by Gasteiger charge is -2.24. The van der Waals surface area contributed by atoms with Crippen molar-refractivity contribution in [3.63, 3.8) is 0 Å². The number of rotatable bonds is 5. The Labute approximate surface area is 109 Å². The third kappa shape index (κ3) is 4.40. The lowest BCUT2D eigenvalue weighted by molar-refractivity contribution is -0.137. The van der Waals surface area contributed by atoms with Gasteiger partial charge in [-0.2, -0.15) is 0 Å². The van der Waals surface area contributed by atoms with Crippen LogP contribution in [0.2, 0.25) is 0 Å². The quantitative estimate of drug-likeness (QED) is 0.839. The van der Waals surface area contributed by atoms with Crippen molar-refractivity contribution in [3.05, 3.63) is 29.8 Å². The molecule has 0 bridgehead atoms. The van der Waals surface area contributed by atoms with E-state index in [-0.39, 0.29) is 17.8 Å². The summed E-state index contributed by atoms with van der Waals surface area (Å²) < 4.78 is 0. The molecule has 1 aromatic carbocycles. The zero-order valence-electron chi connectivity index (χ0n) is 11.7. The van der Waals surface area contributed by atoms with Crippen molar-refractivity contribution in [1.82, 2.24) is 0 Å². The second-order valence-corrected chi connectivity index (χ2v) is 5.88. The van der Waals surface area contributed by atoms with Gasteiger partial charge in [0.1, 0.15) is 0 Å². The Morgan fingerprint density at radius 1 is 1.33 bits per heavy atom. The summed E-state index contributed by atoms with van der Waals surface area (Å²) in [5.74, 6) is -0.621. The van der Waals surface area contributed by atoms with Crippen molar-refractivity contribution in [2.24, 2.45) is 5.92 Å². The van der Waals surface area contributed by atoms with Crippen LogP contribution in [-0.4, -0.2) is 17.6 Å². The molecule has 0 aliphatic rings. The van der Waals surface area contributed by atoms with Crippen molar-refractivity contribution >= 4 is 11.7 Å². The maximum Gasteiger partial charge on any atom is 0.303 e. The molecule has 100 valence electrons. The van der Waals surface area contributed by atoms with Gasteiger partial charge >= 0.3 is 5.97 Å². The first kappa shape index (κ1) is 14.6. The average molecular weight is 249 g/mol. The Balaban J connectivity index is 2.71. The first-order valence-corrected chi connectivity index (χ1v) is 6.36. The molecule has 1 atom stereocenters. The topological polar surface area (TPSA) is 49.3 Å². The summed E-state index contributed by atoms with van der Waals surface area (Å²) in [6, 6.07) is 8.20. The van der Waals surface area contributed by atoms with Gasteiger partial charge in [-0.3, -0.25) is 4.79 Å². The zero-order chi connectivity index (χ0) is 13.8. The minimum atomic E-state index is -0.742. The van der Waals surface area contributed by atoms with Crippen molar-refractivity contribution < 1.29 is 9.90 Å². The molecule has 1 rings (SSSR count). The van der Waals surface area contributed by atoms with E-state index >= 15 is 0 Å². The third-order valence-electron chi connectivity index (χ3n) is 2.90. The molecule has 0 saturated carbocycles. The maximum absolute atomic E-state index is 10.6. The second kappa shape index (κ2) is 5.89. The normalized spacial score (nSPS) is 13.1. The highest BCUT2D eigenvalue weighted by Gasteiger charge is 2.17. The van der Waals surface area contributed by atoms with Crippen LogP contribution in [0.3, 0.4) is 0 Å². The molecule has 1 unspecified atom stereocenters. The number of carbonyl (C=O) groups is 1. The van der Waals surface area contributed by atoms with E-state index in [1.165, 1.54) is 5.56 Å². The lowest BCUT2D eigenvalue weighted by Crippen LogP contribution is -2.19. The van der Waals surface area contributed by atoms with E-state index in [1.807, 2.05) is 25.1 Å². The summed E-state index contributed by atoms with van der Waals surface area (Å²) in [7, 11) is 0. The number of para-hydroxylation sites is 1. The summed E-state index contributed by atoms with van der Waals surface area (Å²) in [4.78, 5) is 10.6. The van der Waals surface area contributed by atoms with Crippen LogP contribution < -0.4 is 5.32 Å². The molecule has 0 aliphatic heterocycles. The molecule has 1 aromatic rings. The van der Waals surface area contributed by atoms with Gasteiger partial charge in [-0.1, -0.05) is 45.9 Å². The van der Waals surface area contributed by atoms with E-state index < -0.39 is 5.97 Å². The van der Waals surface area contributed by atoms with Crippen LogP contribution in [0.25, 0.3) is 0 Å². The predicted octanol–water partition coefficient (Wildman–Crippen LogP) is 3.51. The molecule has 0 aliphatic carbocycles. The van der Waals surface area contributed by atoms with Crippen molar-refractivity contribution in [2.45, 2.75) is 39.5 Å². The SMILES string of the molecule is CC(CNc1ccccc1C(C)(C)C)CC(=O)O. The van der Waals surface area contributed by atoms with Gasteiger partial charge in [-0.05, 0) is 23.0 Å². The van der Waals surface area contributed by atoms with E-state index in [1.54, 1.807) is 0 Å². The molecule has 0 amide bonds. The van der Waals surface area contributed by atoms with Crippen LogP contribution in [0.5, 0.6) is 0 Å². The van der Waals surface area contributed by atoms with Gasteiger partial charge in [-0.25, -0.2) is 0 Å². The first-order chi connectivity index (χ1) is 8.30. The Bertz CT molecular complexity index is 407. The Kier molecular flexibility index (Phi) is 4.76. The van der Waals surface area contributed by atoms with Gasteiger partial charge in [0.15, 0.2) is 0 Å². The summed E-state index contributed by atoms with van der Waals surface area (Å²) >= 11 is 0. The number of carboxylic acids is 1. The molecule has 0 spiro atoms. The van der Waals surface area contributed by atoms with E-state index in [9.17, 15) is 4.79 Å². The average Bonchev–Trinajstić information content (AvgIpc) is 2.24. The largest absolute Gasteiger partial charge is 0.481 e. The van der Waals surface area contributed by atoms with Crippen molar-refractivity contribution in [1.29, 1.82) is 0 Å². The van der Waals surface area contributed by atoms with Crippen LogP contribution >= 0.6 is 0 Å². The molecule has 0 saturated heterocycles. The number of aliphatic carboxylic acids is 1. The van der Waals surface area contributed by atoms with E-state index in [0.717, 1.165) is 5.69 Å². The monoisotopic (exact) mass is 249 g/mol. The van der Waals surface area contributed by atoms with Gasteiger partial charge in [0.05, 0.1) is 0 Å². The zero-order valence-corrected chi connectivity index (χ0v) is 11.7. The minimum absolute atomic E-state index is 0.0830. The highest BCUT2D eigenvalue weighted by Crippen LogP contribution is 2.29. The van der Waals surface area contributed by atoms with Gasteiger partial charge in [0.25, 0.3) is 0 Å². The fourth-order valence-electron chi connectivity index (χ4n) is 1.95. The number of anilines is 1. The lowest BCUT2D eigenvalue weighted by atomic mass is 9.85. The molecule has 0 radical (unpaired) electrons. The molecule has 0 aromatic heterocycles. The Hall–Kier alpha value is -1.51. The highest BCUT2D eigenvalue weighted by molar-refractivity contribution is 5.67. The van der Waals surface area contributed by atoms with Crippen molar-refractivity contribution in [2.75, 3.05) is 11.9 Å². The number of hydrogen-bond donors (Lipinski definition) is 2. The molecule has 3 heteroatoms. The smallest absolute Gasteiger partial charge is 0.303 e. The molecule has 2 N–H and O–H groups in total. The molecule has 0 fully saturated rings. The minimum Gasteiger partial charge on any atom is -0.481 e. The van der Waals surface area contributed by atoms with Crippen LogP contribution in [0.15, 0.2) is 24.3 Å². The number of hydrogen-bond acceptors (Lipinski definition) is 2. The van der Waals surface area contributed by atoms with Gasteiger partial charge in [0.2, 0.25) is 0 Å². The molecular formula is C15H23NO2. The molecule has 3 nitrogen and oxygen atoms in total. The fraction of sp³-hybridized carbons (Fsp3) is 0.533. The van der Waals surface area contributed by atoms with Crippen LogP contribution in [0.4, 0.5) is 5.69 Å². The second-order valence-electron chi connectivity index (χ2n) is 5.88. The number of nitrogens with one attached hydrogen (secondary N) is 1. The predicted molar refractivity (Wildman–Crippen MR) is 75.0 cm³/mol. The Morgan fingerprint density at radius 3 is 2.50 bits per heavy atom. The van der Waals surface area contributed by atoms with Crippen LogP contribution in [-0.2, 0) is 10.2 Å². The summed E-state index contributed by atoms with van der Waals surface area (Å²) in [5, 5.41) is 12.1. The fourth-order valence-corrected chi connectivity index (χ4v) is 1.95. The number of carboxylic acid groups (broad SMARTS) is 1. The van der Waals surface area contributed by atoms with E-state index in [2.05, 4.69) is 32.2 Å². The molecular weight excluding hydrogens is 226 g/mol. The molecule has 18 heavy (non-hydrogen) atoms. The maximum atomic E-state index is 10.6. The van der Waals surface area contributed by atoms with Gasteiger partial charge < -0.3 is 10.4 Å². The van der Waals surface area contributed by atoms with Gasteiger partial charge in [-0.15, -0.1) is 0 Å². The van der Waals surface area contributed by atoms with Crippen LogP contribution in [0.1, 0.15) is 39.7 Å². The standard InChI is InChI=1S/C15H23NO2/c1-11(9-14(17)18)10-16-13-8-6-5-7-12(13)15(2,3)4/h5-8,11,16H,9-10H2,1-4H3,(H,17,18). The highest BCUT2D eigenvalue weighted by atomic mass is 16.4. The van der Waals surface area contributed by atoms with Gasteiger partial charge in [0, 0.05) is 18.7 Å². The summed E-state index contributed by atoms with van der Waals surface area (Å²) in [5.41, 5.74) is 2.44. The summed E-state index contributed by atoms with van der Waals surface area (Å²) in [6.07, 6.45) is 0.199. The summed E-state index contributed by atoms with van der Waals surface area (Å²) in [6.45, 7) is 9.15. The van der Waals surface area contributed by atoms with Crippen LogP contribution in [0, 0.1) is 5.92 Å². The van der Waals surface area contributed by atoms with Crippen molar-refractivity contribution in [3.8, 4) is 0 Å². The first-order valence-electron chi connectivity index (χ1n) is 6.36.